The van der Waals surface area contributed by atoms with E-state index in [1.165, 1.54) is 0 Å². The van der Waals surface area contributed by atoms with Gasteiger partial charge in [-0.15, -0.1) is 0 Å². The van der Waals surface area contributed by atoms with Gasteiger partial charge in [-0.25, -0.2) is 0 Å². The Kier molecular flexibility index (Phi) is 6.87. The molecule has 0 aliphatic carbocycles. The summed E-state index contributed by atoms with van der Waals surface area (Å²) in [5.41, 5.74) is 1.11. The Labute approximate surface area is 114 Å². The Morgan fingerprint density at radius 3 is 2.63 bits per heavy atom. The molecule has 0 aromatic heterocycles. The Bertz CT molecular complexity index is 383. The van der Waals surface area contributed by atoms with Crippen LogP contribution in [-0.4, -0.2) is 43.6 Å². The molecule has 0 aliphatic heterocycles. The number of hydrogen-bond acceptors (Lipinski definition) is 5. The van der Waals surface area contributed by atoms with Gasteiger partial charge in [-0.05, 0) is 37.0 Å². The maximum absolute atomic E-state index is 9.31. The second-order valence-electron chi connectivity index (χ2n) is 4.22. The summed E-state index contributed by atoms with van der Waals surface area (Å²) in [7, 11) is 0.0407. The zero-order valence-electron chi connectivity index (χ0n) is 11.6. The maximum Gasteiger partial charge on any atom is 0.488 e. The van der Waals surface area contributed by atoms with Crippen LogP contribution in [0.2, 0.25) is 0 Å². The molecular weight excluding hydrogens is 247 g/mol. The van der Waals surface area contributed by atoms with Crippen molar-refractivity contribution in [1.29, 1.82) is 0 Å². The summed E-state index contributed by atoms with van der Waals surface area (Å²) >= 11 is 0. The van der Waals surface area contributed by atoms with E-state index in [9.17, 15) is 10.0 Å². The van der Waals surface area contributed by atoms with Crippen LogP contribution in [0.5, 0.6) is 5.75 Å². The smallest absolute Gasteiger partial charge is 0.488 e. The van der Waals surface area contributed by atoms with Crippen LogP contribution >= 0.6 is 0 Å². The average molecular weight is 268 g/mol. The van der Waals surface area contributed by atoms with Crippen LogP contribution in [0.4, 0.5) is 0 Å². The molecule has 0 fully saturated rings. The highest BCUT2D eigenvalue weighted by Crippen LogP contribution is 2.13. The average Bonchev–Trinajstić information content (AvgIpc) is 2.42. The predicted octanol–water partition coefficient (Wildman–Crippen LogP) is 0.317. The number of ether oxygens (including phenoxy) is 3. The van der Waals surface area contributed by atoms with Crippen LogP contribution in [0.25, 0.3) is 0 Å². The van der Waals surface area contributed by atoms with Crippen molar-refractivity contribution >= 4 is 12.6 Å². The van der Waals surface area contributed by atoms with Gasteiger partial charge in [0.1, 0.15) is 5.75 Å². The van der Waals surface area contributed by atoms with Crippen molar-refractivity contribution in [3.05, 3.63) is 23.8 Å². The van der Waals surface area contributed by atoms with Gasteiger partial charge in [0.2, 0.25) is 0 Å². The standard InChI is InChI=1S/C13H21BO5/c1-4-18-8-10(2)19-9-11-7-12(17-3)5-6-13(11)14(15)16/h5-7,10,15-16H,4,8-9H2,1-3H3. The Morgan fingerprint density at radius 2 is 2.05 bits per heavy atom. The fourth-order valence-electron chi connectivity index (χ4n) is 1.65. The molecule has 0 saturated heterocycles. The quantitative estimate of drug-likeness (QED) is 0.664. The molecule has 19 heavy (non-hydrogen) atoms. The number of hydrogen-bond donors (Lipinski definition) is 2. The van der Waals surface area contributed by atoms with Crippen LogP contribution in [0.1, 0.15) is 19.4 Å². The first-order valence-electron chi connectivity index (χ1n) is 6.30. The van der Waals surface area contributed by atoms with Crippen molar-refractivity contribution in [3.8, 4) is 5.75 Å². The number of benzene rings is 1. The van der Waals surface area contributed by atoms with Crippen molar-refractivity contribution in [2.45, 2.75) is 26.6 Å². The molecule has 5 nitrogen and oxygen atoms in total. The lowest BCUT2D eigenvalue weighted by molar-refractivity contribution is -0.0115. The van der Waals surface area contributed by atoms with Gasteiger partial charge in [0.05, 0.1) is 26.4 Å². The second-order valence-corrected chi connectivity index (χ2v) is 4.22. The fraction of sp³-hybridized carbons (Fsp3) is 0.538. The first-order valence-corrected chi connectivity index (χ1v) is 6.30. The first-order chi connectivity index (χ1) is 9.08. The zero-order chi connectivity index (χ0) is 14.3. The van der Waals surface area contributed by atoms with E-state index in [1.807, 2.05) is 13.8 Å². The van der Waals surface area contributed by atoms with Gasteiger partial charge in [0, 0.05) is 6.61 Å². The van der Waals surface area contributed by atoms with Gasteiger partial charge in [-0.2, -0.15) is 0 Å². The second kappa shape index (κ2) is 8.17. The lowest BCUT2D eigenvalue weighted by Crippen LogP contribution is -2.33. The highest BCUT2D eigenvalue weighted by atomic mass is 16.5. The Morgan fingerprint density at radius 1 is 1.32 bits per heavy atom. The van der Waals surface area contributed by atoms with Gasteiger partial charge in [0.15, 0.2) is 0 Å². The molecule has 0 amide bonds. The molecule has 1 unspecified atom stereocenters. The summed E-state index contributed by atoms with van der Waals surface area (Å²) in [6.45, 7) is 5.27. The molecular formula is C13H21BO5. The summed E-state index contributed by atoms with van der Waals surface area (Å²) in [4.78, 5) is 0. The van der Waals surface area contributed by atoms with Gasteiger partial charge in [0.25, 0.3) is 0 Å². The topological polar surface area (TPSA) is 68.2 Å². The third kappa shape index (κ3) is 5.20. The molecule has 0 spiro atoms. The van der Waals surface area contributed by atoms with E-state index in [2.05, 4.69) is 0 Å². The van der Waals surface area contributed by atoms with Crippen LogP contribution in [-0.2, 0) is 16.1 Å². The van der Waals surface area contributed by atoms with Crippen molar-refractivity contribution in [3.63, 3.8) is 0 Å². The monoisotopic (exact) mass is 268 g/mol. The van der Waals surface area contributed by atoms with Crippen molar-refractivity contribution in [1.82, 2.24) is 0 Å². The molecule has 1 aromatic rings. The highest BCUT2D eigenvalue weighted by molar-refractivity contribution is 6.59. The van der Waals surface area contributed by atoms with Crippen LogP contribution < -0.4 is 10.2 Å². The van der Waals surface area contributed by atoms with E-state index < -0.39 is 7.12 Å². The molecule has 0 heterocycles. The van der Waals surface area contributed by atoms with E-state index >= 15 is 0 Å². The summed E-state index contributed by atoms with van der Waals surface area (Å²) in [6.07, 6.45) is -0.0603. The Hall–Kier alpha value is -1.08. The van der Waals surface area contributed by atoms with E-state index in [1.54, 1.807) is 25.3 Å². The third-order valence-corrected chi connectivity index (χ3v) is 2.71. The van der Waals surface area contributed by atoms with E-state index in [0.29, 0.717) is 30.0 Å². The largest absolute Gasteiger partial charge is 0.497 e. The van der Waals surface area contributed by atoms with Crippen LogP contribution in [0, 0.1) is 0 Å². The SMILES string of the molecule is CCOCC(C)OCc1cc(OC)ccc1B(O)O. The minimum absolute atomic E-state index is 0.0603. The third-order valence-electron chi connectivity index (χ3n) is 2.71. The van der Waals surface area contributed by atoms with Crippen molar-refractivity contribution in [2.24, 2.45) is 0 Å². The van der Waals surface area contributed by atoms with E-state index in [4.69, 9.17) is 14.2 Å². The molecule has 6 heteroatoms. The van der Waals surface area contributed by atoms with Gasteiger partial charge in [-0.3, -0.25) is 0 Å². The normalized spacial score (nSPS) is 12.3. The molecule has 1 aromatic carbocycles. The minimum Gasteiger partial charge on any atom is -0.497 e. The highest BCUT2D eigenvalue weighted by Gasteiger charge is 2.17. The molecule has 2 N–H and O–H groups in total. The Balaban J connectivity index is 2.69. The van der Waals surface area contributed by atoms with Gasteiger partial charge < -0.3 is 24.3 Å². The molecule has 1 rings (SSSR count). The molecule has 1 atom stereocenters. The molecule has 0 aliphatic rings. The zero-order valence-corrected chi connectivity index (χ0v) is 11.6. The van der Waals surface area contributed by atoms with Gasteiger partial charge in [-0.1, -0.05) is 6.07 Å². The lowest BCUT2D eigenvalue weighted by atomic mass is 9.77. The molecule has 0 radical (unpaired) electrons. The van der Waals surface area contributed by atoms with Crippen LogP contribution in [0.3, 0.4) is 0 Å². The molecule has 0 bridgehead atoms. The summed E-state index contributed by atoms with van der Waals surface area (Å²) in [6, 6.07) is 5.04. The minimum atomic E-state index is -1.52. The number of rotatable bonds is 8. The summed E-state index contributed by atoms with van der Waals surface area (Å²) < 4.78 is 16.0. The van der Waals surface area contributed by atoms with E-state index in [0.717, 1.165) is 0 Å². The van der Waals surface area contributed by atoms with Crippen molar-refractivity contribution in [2.75, 3.05) is 20.3 Å². The van der Waals surface area contributed by atoms with E-state index in [-0.39, 0.29) is 12.7 Å². The number of methoxy groups -OCH3 is 1. The first kappa shape index (κ1) is 16.0. The lowest BCUT2D eigenvalue weighted by Gasteiger charge is -2.15. The fourth-order valence-corrected chi connectivity index (χ4v) is 1.65. The summed E-state index contributed by atoms with van der Waals surface area (Å²) in [5.74, 6) is 0.653. The molecule has 0 saturated carbocycles. The van der Waals surface area contributed by atoms with Gasteiger partial charge >= 0.3 is 7.12 Å². The summed E-state index contributed by atoms with van der Waals surface area (Å²) in [5, 5.41) is 18.6. The maximum atomic E-state index is 9.31. The van der Waals surface area contributed by atoms with Crippen molar-refractivity contribution < 1.29 is 24.3 Å². The molecule has 106 valence electrons. The predicted molar refractivity (Wildman–Crippen MR) is 73.6 cm³/mol. The van der Waals surface area contributed by atoms with Crippen LogP contribution in [0.15, 0.2) is 18.2 Å².